The van der Waals surface area contributed by atoms with Gasteiger partial charge in [0.05, 0.1) is 0 Å². The fourth-order valence-corrected chi connectivity index (χ4v) is 2.45. The Balaban J connectivity index is 2.08. The highest BCUT2D eigenvalue weighted by Gasteiger charge is 2.23. The highest BCUT2D eigenvalue weighted by atomic mass is 35.5. The lowest BCUT2D eigenvalue weighted by molar-refractivity contribution is 0.504. The first-order chi connectivity index (χ1) is 7.72. The molecular formula is C14H20ClN. The minimum absolute atomic E-state index is 0.458. The van der Waals surface area contributed by atoms with Crippen molar-refractivity contribution in [3.8, 4) is 0 Å². The minimum Gasteiger partial charge on any atom is -0.313 e. The molecule has 1 aromatic carbocycles. The second-order valence-corrected chi connectivity index (χ2v) is 5.22. The largest absolute Gasteiger partial charge is 0.313 e. The van der Waals surface area contributed by atoms with Crippen LogP contribution in [-0.4, -0.2) is 7.05 Å². The Morgan fingerprint density at radius 3 is 2.81 bits per heavy atom. The maximum Gasteiger partial charge on any atom is 0.0438 e. The molecule has 0 heterocycles. The summed E-state index contributed by atoms with van der Waals surface area (Å²) in [4.78, 5) is 0. The standard InChI is InChI=1S/C14H20ClN/c1-10-12(4-3-5-13(10)15)14(16-2)9-8-11-6-7-11/h3-5,11,14,16H,6-9H2,1-2H3. The van der Waals surface area contributed by atoms with Crippen LogP contribution in [0.2, 0.25) is 5.02 Å². The summed E-state index contributed by atoms with van der Waals surface area (Å²) >= 11 is 6.16. The normalized spacial score (nSPS) is 17.4. The summed E-state index contributed by atoms with van der Waals surface area (Å²) < 4.78 is 0. The van der Waals surface area contributed by atoms with Gasteiger partial charge in [-0.25, -0.2) is 0 Å². The lowest BCUT2D eigenvalue weighted by atomic mass is 9.96. The Hall–Kier alpha value is -0.530. The van der Waals surface area contributed by atoms with Gasteiger partial charge < -0.3 is 5.32 Å². The summed E-state index contributed by atoms with van der Waals surface area (Å²) in [6.45, 7) is 2.11. The Kier molecular flexibility index (Phi) is 3.88. The van der Waals surface area contributed by atoms with Crippen molar-refractivity contribution < 1.29 is 0 Å². The van der Waals surface area contributed by atoms with Crippen LogP contribution in [0.15, 0.2) is 18.2 Å². The number of hydrogen-bond acceptors (Lipinski definition) is 1. The van der Waals surface area contributed by atoms with Crippen LogP contribution in [-0.2, 0) is 0 Å². The van der Waals surface area contributed by atoms with Gasteiger partial charge in [0.15, 0.2) is 0 Å². The summed E-state index contributed by atoms with van der Waals surface area (Å²) in [5.74, 6) is 0.996. The zero-order chi connectivity index (χ0) is 11.5. The van der Waals surface area contributed by atoms with Gasteiger partial charge in [-0.2, -0.15) is 0 Å². The van der Waals surface area contributed by atoms with E-state index in [1.807, 2.05) is 19.2 Å². The van der Waals surface area contributed by atoms with Crippen LogP contribution >= 0.6 is 11.6 Å². The first-order valence-electron chi connectivity index (χ1n) is 6.14. The van der Waals surface area contributed by atoms with E-state index in [2.05, 4.69) is 18.3 Å². The molecule has 1 saturated carbocycles. The van der Waals surface area contributed by atoms with Gasteiger partial charge in [-0.3, -0.25) is 0 Å². The van der Waals surface area contributed by atoms with Gasteiger partial charge in [-0.15, -0.1) is 0 Å². The van der Waals surface area contributed by atoms with Gasteiger partial charge in [0.1, 0.15) is 0 Å². The van der Waals surface area contributed by atoms with E-state index >= 15 is 0 Å². The summed E-state index contributed by atoms with van der Waals surface area (Å²) in [6.07, 6.45) is 5.44. The molecule has 0 amide bonds. The average molecular weight is 238 g/mol. The van der Waals surface area contributed by atoms with E-state index in [4.69, 9.17) is 11.6 Å². The van der Waals surface area contributed by atoms with E-state index in [0.717, 1.165) is 10.9 Å². The molecule has 0 bridgehead atoms. The molecule has 0 spiro atoms. The molecule has 1 aliphatic rings. The van der Waals surface area contributed by atoms with Gasteiger partial charge in [0.25, 0.3) is 0 Å². The molecule has 16 heavy (non-hydrogen) atoms. The van der Waals surface area contributed by atoms with Crippen molar-refractivity contribution in [3.05, 3.63) is 34.3 Å². The fraction of sp³-hybridized carbons (Fsp3) is 0.571. The van der Waals surface area contributed by atoms with Gasteiger partial charge >= 0.3 is 0 Å². The monoisotopic (exact) mass is 237 g/mol. The Morgan fingerprint density at radius 1 is 1.44 bits per heavy atom. The van der Waals surface area contributed by atoms with Crippen LogP contribution in [0.4, 0.5) is 0 Å². The van der Waals surface area contributed by atoms with E-state index in [9.17, 15) is 0 Å². The van der Waals surface area contributed by atoms with Crippen LogP contribution in [0.3, 0.4) is 0 Å². The first-order valence-corrected chi connectivity index (χ1v) is 6.52. The average Bonchev–Trinajstić information content (AvgIpc) is 3.08. The second kappa shape index (κ2) is 5.20. The molecule has 2 heteroatoms. The number of rotatable bonds is 5. The van der Waals surface area contributed by atoms with E-state index in [-0.39, 0.29) is 0 Å². The number of halogens is 1. The molecule has 0 saturated heterocycles. The number of benzene rings is 1. The first kappa shape index (κ1) is 11.9. The van der Waals surface area contributed by atoms with E-state index in [1.54, 1.807) is 0 Å². The Bertz CT molecular complexity index is 358. The maximum atomic E-state index is 6.16. The predicted octanol–water partition coefficient (Wildman–Crippen LogP) is 4.10. The molecule has 0 aromatic heterocycles. The Labute approximate surface area is 103 Å². The summed E-state index contributed by atoms with van der Waals surface area (Å²) in [7, 11) is 2.04. The third-order valence-electron chi connectivity index (χ3n) is 3.59. The zero-order valence-corrected chi connectivity index (χ0v) is 10.8. The van der Waals surface area contributed by atoms with Crippen LogP contribution in [0.1, 0.15) is 42.9 Å². The molecule has 1 N–H and O–H groups in total. The van der Waals surface area contributed by atoms with E-state index in [1.165, 1.54) is 36.8 Å². The van der Waals surface area contributed by atoms with Crippen molar-refractivity contribution in [1.82, 2.24) is 5.32 Å². The van der Waals surface area contributed by atoms with Crippen molar-refractivity contribution in [2.75, 3.05) is 7.05 Å². The molecule has 1 nitrogen and oxygen atoms in total. The molecule has 1 aromatic rings. The molecule has 1 aliphatic carbocycles. The van der Waals surface area contributed by atoms with E-state index < -0.39 is 0 Å². The van der Waals surface area contributed by atoms with Crippen molar-refractivity contribution in [2.45, 2.75) is 38.6 Å². The van der Waals surface area contributed by atoms with Gasteiger partial charge in [-0.1, -0.05) is 36.6 Å². The number of hydrogen-bond donors (Lipinski definition) is 1. The van der Waals surface area contributed by atoms with Crippen LogP contribution in [0.25, 0.3) is 0 Å². The molecule has 1 unspecified atom stereocenters. The highest BCUT2D eigenvalue weighted by Crippen LogP contribution is 2.36. The summed E-state index contributed by atoms with van der Waals surface area (Å²) in [6, 6.07) is 6.66. The molecule has 1 atom stereocenters. The van der Waals surface area contributed by atoms with Gasteiger partial charge in [-0.05, 0) is 49.9 Å². The van der Waals surface area contributed by atoms with E-state index in [0.29, 0.717) is 6.04 Å². The van der Waals surface area contributed by atoms with Gasteiger partial charge in [0, 0.05) is 11.1 Å². The smallest absolute Gasteiger partial charge is 0.0438 e. The van der Waals surface area contributed by atoms with Crippen molar-refractivity contribution in [3.63, 3.8) is 0 Å². The lowest BCUT2D eigenvalue weighted by Gasteiger charge is -2.19. The molecular weight excluding hydrogens is 218 g/mol. The molecule has 0 radical (unpaired) electrons. The predicted molar refractivity (Wildman–Crippen MR) is 69.9 cm³/mol. The maximum absolute atomic E-state index is 6.16. The zero-order valence-electron chi connectivity index (χ0n) is 10.1. The topological polar surface area (TPSA) is 12.0 Å². The lowest BCUT2D eigenvalue weighted by Crippen LogP contribution is -2.17. The number of nitrogens with one attached hydrogen (secondary N) is 1. The second-order valence-electron chi connectivity index (χ2n) is 4.82. The van der Waals surface area contributed by atoms with Crippen LogP contribution in [0, 0.1) is 12.8 Å². The molecule has 2 rings (SSSR count). The highest BCUT2D eigenvalue weighted by molar-refractivity contribution is 6.31. The molecule has 1 fully saturated rings. The fourth-order valence-electron chi connectivity index (χ4n) is 2.27. The third-order valence-corrected chi connectivity index (χ3v) is 4.00. The van der Waals surface area contributed by atoms with Crippen molar-refractivity contribution in [1.29, 1.82) is 0 Å². The summed E-state index contributed by atoms with van der Waals surface area (Å²) in [5, 5.41) is 4.29. The van der Waals surface area contributed by atoms with Crippen molar-refractivity contribution in [2.24, 2.45) is 5.92 Å². The summed E-state index contributed by atoms with van der Waals surface area (Å²) in [5.41, 5.74) is 2.58. The molecule has 88 valence electrons. The third kappa shape index (κ3) is 2.78. The minimum atomic E-state index is 0.458. The Morgan fingerprint density at radius 2 is 2.19 bits per heavy atom. The quantitative estimate of drug-likeness (QED) is 0.813. The SMILES string of the molecule is CNC(CCC1CC1)c1cccc(Cl)c1C. The van der Waals surface area contributed by atoms with Crippen LogP contribution in [0.5, 0.6) is 0 Å². The van der Waals surface area contributed by atoms with Crippen molar-refractivity contribution >= 4 is 11.6 Å². The molecule has 0 aliphatic heterocycles. The van der Waals surface area contributed by atoms with Gasteiger partial charge in [0.2, 0.25) is 0 Å². The van der Waals surface area contributed by atoms with Crippen LogP contribution < -0.4 is 5.32 Å².